The van der Waals surface area contributed by atoms with Crippen LogP contribution in [0, 0.1) is 30.9 Å². The molecule has 0 saturated carbocycles. The fourth-order valence-electron chi connectivity index (χ4n) is 2.71. The molecule has 0 amide bonds. The highest BCUT2D eigenvalue weighted by molar-refractivity contribution is 5.64. The minimum atomic E-state index is -0.469. The number of rotatable bonds is 6. The highest BCUT2D eigenvalue weighted by Crippen LogP contribution is 2.37. The summed E-state index contributed by atoms with van der Waals surface area (Å²) in [5.74, 6) is 0.476. The number of nitro groups is 1. The first-order valence-corrected chi connectivity index (χ1v) is 9.21. The van der Waals surface area contributed by atoms with Crippen molar-refractivity contribution >= 4 is 28.4 Å². The summed E-state index contributed by atoms with van der Waals surface area (Å²) in [7, 11) is 1.53. The summed E-state index contributed by atoms with van der Waals surface area (Å²) in [5, 5.41) is 28.1. The van der Waals surface area contributed by atoms with E-state index < -0.39 is 4.92 Å². The van der Waals surface area contributed by atoms with E-state index in [4.69, 9.17) is 4.74 Å². The zero-order valence-corrected chi connectivity index (χ0v) is 17.2. The highest BCUT2D eigenvalue weighted by atomic mass is 16.6. The van der Waals surface area contributed by atoms with Crippen LogP contribution in [0.4, 0.5) is 28.4 Å². The second-order valence-corrected chi connectivity index (χ2v) is 6.80. The monoisotopic (exact) mass is 403 g/mol. The Morgan fingerprint density at radius 1 is 0.767 bits per heavy atom. The number of nitrogens with zero attached hydrogens (tertiary/aromatic N) is 5. The molecule has 0 unspecified atom stereocenters. The Hall–Kier alpha value is -3.94. The quantitative estimate of drug-likeness (QED) is 0.244. The zero-order chi connectivity index (χ0) is 21.7. The van der Waals surface area contributed by atoms with E-state index in [1.807, 2.05) is 38.1 Å². The number of azo groups is 2. The number of methoxy groups -OCH3 is 1. The average molecular weight is 403 g/mol. The van der Waals surface area contributed by atoms with E-state index in [1.54, 1.807) is 31.2 Å². The molecule has 0 aromatic heterocycles. The van der Waals surface area contributed by atoms with Crippen molar-refractivity contribution in [2.45, 2.75) is 20.8 Å². The lowest BCUT2D eigenvalue weighted by Crippen LogP contribution is -1.89. The molecule has 0 radical (unpaired) electrons. The Labute approximate surface area is 174 Å². The molecule has 3 aromatic carbocycles. The molecule has 0 bridgehead atoms. The van der Waals surface area contributed by atoms with E-state index >= 15 is 0 Å². The maximum atomic E-state index is 11.3. The lowest BCUT2D eigenvalue weighted by Gasteiger charge is -2.07. The lowest BCUT2D eigenvalue weighted by molar-refractivity contribution is -0.384. The maximum Gasteiger partial charge on any atom is 0.296 e. The second kappa shape index (κ2) is 9.04. The molecule has 0 aliphatic carbocycles. The molecule has 0 aliphatic rings. The van der Waals surface area contributed by atoms with Crippen molar-refractivity contribution in [3.05, 3.63) is 81.4 Å². The molecule has 0 heterocycles. The van der Waals surface area contributed by atoms with Gasteiger partial charge in [-0.05, 0) is 56.2 Å². The number of hydrogen-bond donors (Lipinski definition) is 0. The van der Waals surface area contributed by atoms with Crippen LogP contribution in [0.1, 0.15) is 16.7 Å². The Kier molecular flexibility index (Phi) is 6.26. The molecule has 8 heteroatoms. The molecule has 0 N–H and O–H groups in total. The van der Waals surface area contributed by atoms with E-state index in [1.165, 1.54) is 13.2 Å². The zero-order valence-electron chi connectivity index (χ0n) is 17.2. The third kappa shape index (κ3) is 4.91. The highest BCUT2D eigenvalue weighted by Gasteiger charge is 2.14. The van der Waals surface area contributed by atoms with Crippen molar-refractivity contribution < 1.29 is 9.66 Å². The van der Waals surface area contributed by atoms with Gasteiger partial charge in [0.05, 0.1) is 23.4 Å². The van der Waals surface area contributed by atoms with Crippen LogP contribution in [-0.4, -0.2) is 12.0 Å². The van der Waals surface area contributed by atoms with E-state index in [0.717, 1.165) is 22.4 Å². The Balaban J connectivity index is 1.92. The minimum Gasteiger partial charge on any atom is -0.494 e. The molecule has 3 aromatic rings. The topological polar surface area (TPSA) is 102 Å². The van der Waals surface area contributed by atoms with Gasteiger partial charge in [-0.3, -0.25) is 10.1 Å². The van der Waals surface area contributed by atoms with E-state index in [-0.39, 0.29) is 11.4 Å². The maximum absolute atomic E-state index is 11.3. The summed E-state index contributed by atoms with van der Waals surface area (Å²) < 4.78 is 5.41. The van der Waals surface area contributed by atoms with Gasteiger partial charge in [0.25, 0.3) is 5.69 Å². The van der Waals surface area contributed by atoms with Gasteiger partial charge in [-0.15, -0.1) is 15.3 Å². The van der Waals surface area contributed by atoms with Crippen molar-refractivity contribution in [3.8, 4) is 5.75 Å². The van der Waals surface area contributed by atoms with E-state index in [2.05, 4.69) is 20.5 Å². The van der Waals surface area contributed by atoms with Crippen LogP contribution in [0.2, 0.25) is 0 Å². The molecule has 152 valence electrons. The third-order valence-electron chi connectivity index (χ3n) is 4.40. The van der Waals surface area contributed by atoms with Crippen LogP contribution in [0.5, 0.6) is 5.75 Å². The summed E-state index contributed by atoms with van der Waals surface area (Å²) in [5.41, 5.74) is 4.61. The summed E-state index contributed by atoms with van der Waals surface area (Å²) in [6.45, 7) is 5.64. The molecule has 8 nitrogen and oxygen atoms in total. The molecule has 30 heavy (non-hydrogen) atoms. The summed E-state index contributed by atoms with van der Waals surface area (Å²) >= 11 is 0. The third-order valence-corrected chi connectivity index (χ3v) is 4.40. The van der Waals surface area contributed by atoms with Crippen LogP contribution in [0.25, 0.3) is 0 Å². The lowest BCUT2D eigenvalue weighted by atomic mass is 10.1. The predicted molar refractivity (Wildman–Crippen MR) is 115 cm³/mol. The van der Waals surface area contributed by atoms with Gasteiger partial charge in [-0.1, -0.05) is 23.8 Å². The largest absolute Gasteiger partial charge is 0.494 e. The van der Waals surface area contributed by atoms with Gasteiger partial charge in [-0.25, -0.2) is 0 Å². The van der Waals surface area contributed by atoms with Gasteiger partial charge < -0.3 is 4.74 Å². The molecule has 0 saturated heterocycles. The summed E-state index contributed by atoms with van der Waals surface area (Å²) in [6.07, 6.45) is 0. The molecule has 0 atom stereocenters. The number of benzene rings is 3. The van der Waals surface area contributed by atoms with Gasteiger partial charge in [-0.2, -0.15) is 5.11 Å². The van der Waals surface area contributed by atoms with Crippen molar-refractivity contribution in [2.75, 3.05) is 7.11 Å². The first kappa shape index (κ1) is 20.8. The second-order valence-electron chi connectivity index (χ2n) is 6.80. The van der Waals surface area contributed by atoms with Crippen molar-refractivity contribution in [2.24, 2.45) is 20.5 Å². The Morgan fingerprint density at radius 2 is 1.40 bits per heavy atom. The number of aryl methyl sites for hydroxylation is 3. The molecule has 3 rings (SSSR count). The molecule has 0 spiro atoms. The van der Waals surface area contributed by atoms with Gasteiger partial charge in [0.15, 0.2) is 5.69 Å². The molecule has 0 fully saturated rings. The van der Waals surface area contributed by atoms with Crippen molar-refractivity contribution in [1.82, 2.24) is 0 Å². The fraction of sp³-hybridized carbons (Fsp3) is 0.182. The van der Waals surface area contributed by atoms with Gasteiger partial charge in [0, 0.05) is 12.1 Å². The van der Waals surface area contributed by atoms with Crippen LogP contribution in [-0.2, 0) is 0 Å². The standard InChI is InChI=1S/C22H21N5O3/c1-14-5-8-17(9-6-14)23-26-20-12-16(3)19(13-22(20)30-4)25-24-18-10-7-15(2)11-21(18)27(28)29/h5-13H,1-4H3. The van der Waals surface area contributed by atoms with Crippen molar-refractivity contribution in [1.29, 1.82) is 0 Å². The number of nitro benzene ring substituents is 1. The summed E-state index contributed by atoms with van der Waals surface area (Å²) in [4.78, 5) is 10.8. The first-order chi connectivity index (χ1) is 14.4. The predicted octanol–water partition coefficient (Wildman–Crippen LogP) is 7.36. The van der Waals surface area contributed by atoms with Crippen LogP contribution >= 0.6 is 0 Å². The summed E-state index contributed by atoms with van der Waals surface area (Å²) in [6, 6.07) is 16.0. The van der Waals surface area contributed by atoms with Crippen molar-refractivity contribution in [3.63, 3.8) is 0 Å². The van der Waals surface area contributed by atoms with Gasteiger partial charge in [0.1, 0.15) is 11.4 Å². The van der Waals surface area contributed by atoms with Gasteiger partial charge in [0.2, 0.25) is 0 Å². The van der Waals surface area contributed by atoms with Crippen LogP contribution < -0.4 is 4.74 Å². The fourth-order valence-corrected chi connectivity index (χ4v) is 2.71. The number of ether oxygens (including phenoxy) is 1. The SMILES string of the molecule is COc1cc(N=Nc2ccc(C)cc2[N+](=O)[O-])c(C)cc1N=Nc1ccc(C)cc1. The van der Waals surface area contributed by atoms with E-state index in [9.17, 15) is 10.1 Å². The minimum absolute atomic E-state index is 0.0908. The molecule has 0 aliphatic heterocycles. The first-order valence-electron chi connectivity index (χ1n) is 9.21. The molecular formula is C22H21N5O3. The Bertz CT molecular complexity index is 1140. The average Bonchev–Trinajstić information content (AvgIpc) is 2.73. The van der Waals surface area contributed by atoms with E-state index in [0.29, 0.717) is 17.1 Å². The van der Waals surface area contributed by atoms with Crippen LogP contribution in [0.15, 0.2) is 75.1 Å². The normalized spacial score (nSPS) is 11.3. The van der Waals surface area contributed by atoms with Crippen LogP contribution in [0.3, 0.4) is 0 Å². The molecular weight excluding hydrogens is 382 g/mol. The van der Waals surface area contributed by atoms with Gasteiger partial charge >= 0.3 is 0 Å². The Morgan fingerprint density at radius 3 is 2.07 bits per heavy atom. The smallest absolute Gasteiger partial charge is 0.296 e. The number of hydrogen-bond acceptors (Lipinski definition) is 7.